The highest BCUT2D eigenvalue weighted by Gasteiger charge is 2.27. The highest BCUT2D eigenvalue weighted by atomic mass is 32.1. The second-order valence-corrected chi connectivity index (χ2v) is 9.82. The van der Waals surface area contributed by atoms with E-state index in [1.54, 1.807) is 10.3 Å². The maximum atomic E-state index is 12.8. The number of carbonyl (C=O) groups excluding carboxylic acids is 2. The number of piperidine rings is 1. The molecular weight excluding hydrogens is 448 g/mol. The summed E-state index contributed by atoms with van der Waals surface area (Å²) in [7, 11) is 0. The third-order valence-electron chi connectivity index (χ3n) is 6.31. The third kappa shape index (κ3) is 5.13. The summed E-state index contributed by atoms with van der Waals surface area (Å²) in [5, 5.41) is 5.65. The van der Waals surface area contributed by atoms with Crippen LogP contribution in [0, 0.1) is 6.92 Å². The van der Waals surface area contributed by atoms with Crippen molar-refractivity contribution in [2.45, 2.75) is 38.9 Å². The number of aryl methyl sites for hydroxylation is 1. The van der Waals surface area contributed by atoms with Crippen molar-refractivity contribution in [3.63, 3.8) is 0 Å². The highest BCUT2D eigenvalue weighted by molar-refractivity contribution is 7.09. The summed E-state index contributed by atoms with van der Waals surface area (Å²) in [6.07, 6.45) is 1.85. The summed E-state index contributed by atoms with van der Waals surface area (Å²) in [6, 6.07) is 16.4. The Morgan fingerprint density at radius 3 is 2.74 bits per heavy atom. The molecule has 0 saturated carbocycles. The summed E-state index contributed by atoms with van der Waals surface area (Å²) in [5.41, 5.74) is 3.55. The Balaban J connectivity index is 1.16. The van der Waals surface area contributed by atoms with Crippen molar-refractivity contribution in [3.05, 3.63) is 75.7 Å². The second kappa shape index (κ2) is 9.95. The van der Waals surface area contributed by atoms with Gasteiger partial charge in [-0.15, -0.1) is 11.3 Å². The van der Waals surface area contributed by atoms with Gasteiger partial charge >= 0.3 is 0 Å². The van der Waals surface area contributed by atoms with Crippen LogP contribution in [0.15, 0.2) is 53.9 Å². The number of nitrogens with one attached hydrogen (secondary N) is 1. The fourth-order valence-corrected chi connectivity index (χ4v) is 5.21. The first kappa shape index (κ1) is 22.6. The van der Waals surface area contributed by atoms with Crippen LogP contribution in [0.25, 0.3) is 0 Å². The molecule has 3 aromatic rings. The third-order valence-corrected chi connectivity index (χ3v) is 7.14. The highest BCUT2D eigenvalue weighted by Crippen LogP contribution is 2.34. The van der Waals surface area contributed by atoms with Gasteiger partial charge in [-0.05, 0) is 43.0 Å². The van der Waals surface area contributed by atoms with Crippen molar-refractivity contribution in [3.8, 4) is 5.75 Å². The van der Waals surface area contributed by atoms with Gasteiger partial charge in [-0.2, -0.15) is 0 Å². The van der Waals surface area contributed by atoms with Gasteiger partial charge < -0.3 is 10.1 Å². The summed E-state index contributed by atoms with van der Waals surface area (Å²) >= 11 is 1.40. The van der Waals surface area contributed by atoms with Gasteiger partial charge in [0.25, 0.3) is 11.8 Å². The normalized spacial score (nSPS) is 16.7. The molecule has 2 aromatic carbocycles. The molecule has 2 aliphatic heterocycles. The lowest BCUT2D eigenvalue weighted by atomic mass is 10.0. The average Bonchev–Trinajstić information content (AvgIpc) is 3.32. The molecule has 0 unspecified atom stereocenters. The lowest BCUT2D eigenvalue weighted by molar-refractivity contribution is -0.121. The van der Waals surface area contributed by atoms with Crippen LogP contribution in [-0.2, 0) is 17.9 Å². The molecule has 2 amide bonds. The fraction of sp³-hybridized carbons (Fsp3) is 0.346. The van der Waals surface area contributed by atoms with Gasteiger partial charge in [-0.3, -0.25) is 19.4 Å². The predicted molar refractivity (Wildman–Crippen MR) is 132 cm³/mol. The van der Waals surface area contributed by atoms with Crippen molar-refractivity contribution in [2.24, 2.45) is 0 Å². The molecule has 1 N–H and O–H groups in total. The number of rotatable bonds is 6. The van der Waals surface area contributed by atoms with E-state index in [-0.39, 0.29) is 24.5 Å². The summed E-state index contributed by atoms with van der Waals surface area (Å²) < 4.78 is 5.58. The van der Waals surface area contributed by atoms with Crippen LogP contribution < -0.4 is 15.0 Å². The molecule has 176 valence electrons. The van der Waals surface area contributed by atoms with Crippen molar-refractivity contribution >= 4 is 28.8 Å². The van der Waals surface area contributed by atoms with Gasteiger partial charge in [0.05, 0.1) is 12.2 Å². The van der Waals surface area contributed by atoms with Crippen molar-refractivity contribution < 1.29 is 14.3 Å². The molecule has 8 heteroatoms. The number of ether oxygens (including phenoxy) is 1. The zero-order valence-corrected chi connectivity index (χ0v) is 20.0. The molecule has 2 aliphatic rings. The second-order valence-electron chi connectivity index (χ2n) is 8.88. The largest absolute Gasteiger partial charge is 0.482 e. The van der Waals surface area contributed by atoms with Crippen molar-refractivity contribution in [2.75, 3.05) is 24.6 Å². The molecule has 1 fully saturated rings. The van der Waals surface area contributed by atoms with E-state index in [0.717, 1.165) is 48.7 Å². The Bertz CT molecular complexity index is 1170. The first-order valence-corrected chi connectivity index (χ1v) is 12.5. The number of carbonyl (C=O) groups is 2. The van der Waals surface area contributed by atoms with E-state index in [2.05, 4.69) is 39.5 Å². The molecule has 34 heavy (non-hydrogen) atoms. The number of hydrogen-bond acceptors (Lipinski definition) is 6. The molecule has 0 bridgehead atoms. The summed E-state index contributed by atoms with van der Waals surface area (Å²) in [6.45, 7) is 5.19. The lowest BCUT2D eigenvalue weighted by Crippen LogP contribution is -2.44. The standard InChI is InChI=1S/C26H28N4O3S/c1-18-7-8-22-23(13-18)33-16-25(31)30(22)15-24-28-21(17-34-24)26(32)27-20-9-11-29(12-10-20)14-19-5-3-2-4-6-19/h2-8,13,17,20H,9-12,14-16H2,1H3,(H,27,32). The van der Waals surface area contributed by atoms with Crippen molar-refractivity contribution in [1.29, 1.82) is 0 Å². The van der Waals surface area contributed by atoms with Gasteiger partial charge in [0.1, 0.15) is 16.5 Å². The van der Waals surface area contributed by atoms with E-state index in [9.17, 15) is 9.59 Å². The molecule has 0 radical (unpaired) electrons. The average molecular weight is 477 g/mol. The SMILES string of the molecule is Cc1ccc2c(c1)OCC(=O)N2Cc1nc(C(=O)NC2CCN(Cc3ccccc3)CC2)cs1. The van der Waals surface area contributed by atoms with E-state index >= 15 is 0 Å². The van der Waals surface area contributed by atoms with Crippen LogP contribution in [0.1, 0.15) is 39.5 Å². The number of anilines is 1. The fourth-order valence-electron chi connectivity index (χ4n) is 4.44. The van der Waals surface area contributed by atoms with Gasteiger partial charge in [-0.25, -0.2) is 4.98 Å². The smallest absolute Gasteiger partial charge is 0.270 e. The van der Waals surface area contributed by atoms with Crippen molar-refractivity contribution in [1.82, 2.24) is 15.2 Å². The molecule has 5 rings (SSSR count). The molecule has 0 spiro atoms. The van der Waals surface area contributed by atoms with Gasteiger partial charge in [0.15, 0.2) is 6.61 Å². The minimum Gasteiger partial charge on any atom is -0.482 e. The van der Waals surface area contributed by atoms with Gasteiger partial charge in [0.2, 0.25) is 0 Å². The first-order valence-electron chi connectivity index (χ1n) is 11.6. The van der Waals surface area contributed by atoms with E-state index in [0.29, 0.717) is 18.0 Å². The van der Waals surface area contributed by atoms with E-state index in [1.807, 2.05) is 31.2 Å². The van der Waals surface area contributed by atoms with E-state index in [4.69, 9.17) is 4.74 Å². The maximum Gasteiger partial charge on any atom is 0.270 e. The Morgan fingerprint density at radius 1 is 1.15 bits per heavy atom. The van der Waals surface area contributed by atoms with Crippen LogP contribution >= 0.6 is 11.3 Å². The van der Waals surface area contributed by atoms with Crippen LogP contribution in [0.3, 0.4) is 0 Å². The molecule has 0 aliphatic carbocycles. The molecule has 1 saturated heterocycles. The molecule has 1 aromatic heterocycles. The van der Waals surface area contributed by atoms with Gasteiger partial charge in [-0.1, -0.05) is 36.4 Å². The number of likely N-dealkylation sites (tertiary alicyclic amines) is 1. The zero-order valence-electron chi connectivity index (χ0n) is 19.2. The monoisotopic (exact) mass is 476 g/mol. The minimum atomic E-state index is -0.145. The summed E-state index contributed by atoms with van der Waals surface area (Å²) in [4.78, 5) is 33.9. The van der Waals surface area contributed by atoms with Crippen LogP contribution in [0.4, 0.5) is 5.69 Å². The topological polar surface area (TPSA) is 74.8 Å². The quantitative estimate of drug-likeness (QED) is 0.586. The number of thiazole rings is 1. The number of nitrogens with zero attached hydrogens (tertiary/aromatic N) is 3. The maximum absolute atomic E-state index is 12.8. The Kier molecular flexibility index (Phi) is 6.60. The minimum absolute atomic E-state index is 0.0120. The number of amides is 2. The number of hydrogen-bond donors (Lipinski definition) is 1. The number of aromatic nitrogens is 1. The number of benzene rings is 2. The predicted octanol–water partition coefficient (Wildman–Crippen LogP) is 3.77. The van der Waals surface area contributed by atoms with Crippen LogP contribution in [-0.4, -0.2) is 47.4 Å². The Morgan fingerprint density at radius 2 is 1.94 bits per heavy atom. The van der Waals surface area contributed by atoms with E-state index in [1.165, 1.54) is 16.9 Å². The van der Waals surface area contributed by atoms with Gasteiger partial charge in [0, 0.05) is 31.1 Å². The lowest BCUT2D eigenvalue weighted by Gasteiger charge is -2.32. The molecular formula is C26H28N4O3S. The Hall–Kier alpha value is -3.23. The summed E-state index contributed by atoms with van der Waals surface area (Å²) in [5.74, 6) is 0.445. The van der Waals surface area contributed by atoms with Crippen LogP contribution in [0.2, 0.25) is 0 Å². The molecule has 7 nitrogen and oxygen atoms in total. The van der Waals surface area contributed by atoms with E-state index < -0.39 is 0 Å². The van der Waals surface area contributed by atoms with Crippen LogP contribution in [0.5, 0.6) is 5.75 Å². The molecule has 0 atom stereocenters. The molecule has 3 heterocycles. The number of fused-ring (bicyclic) bond motifs is 1. The first-order chi connectivity index (χ1) is 16.5. The Labute approximate surface area is 203 Å². The zero-order chi connectivity index (χ0) is 23.5.